The minimum Gasteiger partial charge on any atom is -0.550 e. The van der Waals surface area contributed by atoms with Gasteiger partial charge in [0.2, 0.25) is 0 Å². The van der Waals surface area contributed by atoms with Gasteiger partial charge in [0.15, 0.2) is 0 Å². The van der Waals surface area contributed by atoms with Gasteiger partial charge >= 0.3 is 5.97 Å². The van der Waals surface area contributed by atoms with E-state index in [2.05, 4.69) is 5.73 Å². The summed E-state index contributed by atoms with van der Waals surface area (Å²) in [6.07, 6.45) is 0.306. The molecule has 6 heteroatoms. The molecule has 0 bridgehead atoms. The van der Waals surface area contributed by atoms with E-state index in [1.807, 2.05) is 24.3 Å². The standard InChI is InChI=1S/C12H17NO3.C2H4O2/c1-3-16-12(14)8-11(13)9-4-6-10(15-2)7-5-9;1-2(3)4/h4-7,11H,3,8,13H2,1-2H3;1H3,(H,3,4)/t11-;/m0./s1. The zero-order valence-corrected chi connectivity index (χ0v) is 12.0. The van der Waals surface area contributed by atoms with Gasteiger partial charge in [0, 0.05) is 11.5 Å². The monoisotopic (exact) mass is 283 g/mol. The Bertz CT molecular complexity index is 412. The van der Waals surface area contributed by atoms with Crippen LogP contribution >= 0.6 is 0 Å². The molecule has 0 unspecified atom stereocenters. The molecule has 0 aliphatic rings. The van der Waals surface area contributed by atoms with E-state index in [-0.39, 0.29) is 12.0 Å². The number of carboxylic acid groups (broad SMARTS) is 1. The third-order valence-corrected chi connectivity index (χ3v) is 2.31. The molecule has 0 heterocycles. The SMILES string of the molecule is CC(=O)[O-].CCOC(=O)C[C@H]([NH3+])c1ccc(OC)cc1. The van der Waals surface area contributed by atoms with Gasteiger partial charge in [-0.1, -0.05) is 0 Å². The van der Waals surface area contributed by atoms with E-state index in [1.54, 1.807) is 14.0 Å². The number of rotatable bonds is 5. The lowest BCUT2D eigenvalue weighted by Gasteiger charge is -2.08. The second-order valence-corrected chi connectivity index (χ2v) is 3.97. The highest BCUT2D eigenvalue weighted by atomic mass is 16.5. The van der Waals surface area contributed by atoms with Crippen molar-refractivity contribution in [3.8, 4) is 5.75 Å². The topological polar surface area (TPSA) is 103 Å². The first kappa shape index (κ1) is 17.9. The van der Waals surface area contributed by atoms with Gasteiger partial charge < -0.3 is 25.1 Å². The molecule has 0 aliphatic carbocycles. The minimum atomic E-state index is -1.08. The smallest absolute Gasteiger partial charge is 0.312 e. The first-order valence-electron chi connectivity index (χ1n) is 6.20. The molecule has 1 atom stereocenters. The molecule has 0 fully saturated rings. The Balaban J connectivity index is 0.000000796. The van der Waals surface area contributed by atoms with Crippen LogP contribution in [0.5, 0.6) is 5.75 Å². The zero-order chi connectivity index (χ0) is 15.5. The second-order valence-electron chi connectivity index (χ2n) is 3.97. The average molecular weight is 283 g/mol. The Morgan fingerprint density at radius 2 is 1.80 bits per heavy atom. The van der Waals surface area contributed by atoms with Crippen LogP contribution in [-0.2, 0) is 14.3 Å². The summed E-state index contributed by atoms with van der Waals surface area (Å²) in [5, 5.41) is 8.89. The predicted molar refractivity (Wildman–Crippen MR) is 70.6 cm³/mol. The molecule has 20 heavy (non-hydrogen) atoms. The lowest BCUT2D eigenvalue weighted by molar-refractivity contribution is -0.425. The molecule has 1 aromatic rings. The van der Waals surface area contributed by atoms with E-state index < -0.39 is 5.97 Å². The highest BCUT2D eigenvalue weighted by molar-refractivity contribution is 5.70. The lowest BCUT2D eigenvalue weighted by atomic mass is 10.0. The average Bonchev–Trinajstić information content (AvgIpc) is 2.38. The molecule has 0 saturated heterocycles. The Hall–Kier alpha value is -2.08. The predicted octanol–water partition coefficient (Wildman–Crippen LogP) is -0.312. The molecule has 0 saturated carbocycles. The Morgan fingerprint density at radius 3 is 2.20 bits per heavy atom. The fourth-order valence-corrected chi connectivity index (χ4v) is 1.42. The maximum Gasteiger partial charge on any atom is 0.312 e. The summed E-state index contributed by atoms with van der Waals surface area (Å²) in [5.41, 5.74) is 4.95. The number of methoxy groups -OCH3 is 1. The van der Waals surface area contributed by atoms with Gasteiger partial charge in [-0.2, -0.15) is 0 Å². The summed E-state index contributed by atoms with van der Waals surface area (Å²) in [7, 11) is 1.62. The molecule has 3 N–H and O–H groups in total. The third kappa shape index (κ3) is 8.10. The van der Waals surface area contributed by atoms with Gasteiger partial charge in [0.1, 0.15) is 18.2 Å². The Morgan fingerprint density at radius 1 is 1.30 bits per heavy atom. The van der Waals surface area contributed by atoms with Crippen LogP contribution < -0.4 is 15.6 Å². The van der Waals surface area contributed by atoms with Crippen LogP contribution in [-0.4, -0.2) is 25.7 Å². The van der Waals surface area contributed by atoms with E-state index in [9.17, 15) is 4.79 Å². The van der Waals surface area contributed by atoms with Gasteiger partial charge in [-0.25, -0.2) is 0 Å². The Labute approximate surface area is 118 Å². The first-order chi connectivity index (χ1) is 9.40. The van der Waals surface area contributed by atoms with E-state index >= 15 is 0 Å². The molecule has 0 spiro atoms. The number of ether oxygens (including phenoxy) is 2. The van der Waals surface area contributed by atoms with Gasteiger partial charge in [0.25, 0.3) is 0 Å². The van der Waals surface area contributed by atoms with Gasteiger partial charge in [-0.05, 0) is 38.1 Å². The largest absolute Gasteiger partial charge is 0.550 e. The van der Waals surface area contributed by atoms with Gasteiger partial charge in [0.05, 0.1) is 13.7 Å². The number of hydrogen-bond acceptors (Lipinski definition) is 5. The second kappa shape index (κ2) is 9.80. The molecule has 0 radical (unpaired) electrons. The van der Waals surface area contributed by atoms with Crippen molar-refractivity contribution in [2.24, 2.45) is 0 Å². The zero-order valence-electron chi connectivity index (χ0n) is 12.0. The van der Waals surface area contributed by atoms with Crippen LogP contribution in [0.4, 0.5) is 0 Å². The maximum absolute atomic E-state index is 11.3. The van der Waals surface area contributed by atoms with E-state index in [0.29, 0.717) is 13.0 Å². The molecule has 0 aromatic heterocycles. The number of aliphatic carboxylic acids is 1. The van der Waals surface area contributed by atoms with E-state index in [4.69, 9.17) is 19.4 Å². The summed E-state index contributed by atoms with van der Waals surface area (Å²) in [4.78, 5) is 20.2. The third-order valence-electron chi connectivity index (χ3n) is 2.31. The first-order valence-corrected chi connectivity index (χ1v) is 6.20. The van der Waals surface area contributed by atoms with Crippen molar-refractivity contribution in [3.05, 3.63) is 29.8 Å². The van der Waals surface area contributed by atoms with Crippen molar-refractivity contribution in [1.82, 2.24) is 0 Å². The number of carboxylic acids is 1. The molecule has 1 rings (SSSR count). The van der Waals surface area contributed by atoms with Crippen LogP contribution in [0.3, 0.4) is 0 Å². The fourth-order valence-electron chi connectivity index (χ4n) is 1.42. The van der Waals surface area contributed by atoms with Crippen LogP contribution in [0.1, 0.15) is 31.9 Å². The molecule has 6 nitrogen and oxygen atoms in total. The minimum absolute atomic E-state index is 0.0787. The van der Waals surface area contributed by atoms with Crippen LogP contribution in [0, 0.1) is 0 Å². The normalized spacial score (nSPS) is 10.8. The van der Waals surface area contributed by atoms with Crippen LogP contribution in [0.2, 0.25) is 0 Å². The van der Waals surface area contributed by atoms with Gasteiger partial charge in [-0.3, -0.25) is 4.79 Å². The summed E-state index contributed by atoms with van der Waals surface area (Å²) >= 11 is 0. The number of carbonyl (C=O) groups is 2. The molecule has 0 amide bonds. The molecule has 1 aromatic carbocycles. The highest BCUT2D eigenvalue weighted by Gasteiger charge is 2.15. The fraction of sp³-hybridized carbons (Fsp3) is 0.429. The number of quaternary nitrogens is 1. The van der Waals surface area contributed by atoms with Crippen molar-refractivity contribution >= 4 is 11.9 Å². The van der Waals surface area contributed by atoms with Crippen LogP contribution in [0.15, 0.2) is 24.3 Å². The molecule has 112 valence electrons. The van der Waals surface area contributed by atoms with Gasteiger partial charge in [-0.15, -0.1) is 0 Å². The maximum atomic E-state index is 11.3. The van der Waals surface area contributed by atoms with Crippen molar-refractivity contribution in [2.45, 2.75) is 26.3 Å². The summed E-state index contributed by atoms with van der Waals surface area (Å²) in [6, 6.07) is 7.47. The van der Waals surface area contributed by atoms with Crippen molar-refractivity contribution in [2.75, 3.05) is 13.7 Å². The number of benzene rings is 1. The van der Waals surface area contributed by atoms with Crippen molar-refractivity contribution in [1.29, 1.82) is 0 Å². The number of esters is 1. The quantitative estimate of drug-likeness (QED) is 0.746. The molecular formula is C14H21NO5. The van der Waals surface area contributed by atoms with Crippen molar-refractivity contribution in [3.63, 3.8) is 0 Å². The molecular weight excluding hydrogens is 262 g/mol. The number of hydrogen-bond donors (Lipinski definition) is 1. The van der Waals surface area contributed by atoms with Crippen LogP contribution in [0.25, 0.3) is 0 Å². The van der Waals surface area contributed by atoms with Crippen molar-refractivity contribution < 1.29 is 29.9 Å². The Kier molecular flexibility index (Phi) is 8.78. The summed E-state index contributed by atoms with van der Waals surface area (Å²) in [6.45, 7) is 3.18. The lowest BCUT2D eigenvalue weighted by Crippen LogP contribution is -2.54. The van der Waals surface area contributed by atoms with E-state index in [1.165, 1.54) is 0 Å². The molecule has 0 aliphatic heterocycles. The summed E-state index contributed by atoms with van der Waals surface area (Å²) in [5.74, 6) is -0.495. The number of carbonyl (C=O) groups excluding carboxylic acids is 2. The summed E-state index contributed by atoms with van der Waals surface area (Å²) < 4.78 is 9.93. The van der Waals surface area contributed by atoms with E-state index in [0.717, 1.165) is 18.2 Å². The highest BCUT2D eigenvalue weighted by Crippen LogP contribution is 2.17.